The number of aromatic nitrogens is 1. The van der Waals surface area contributed by atoms with E-state index in [0.29, 0.717) is 25.9 Å². The van der Waals surface area contributed by atoms with E-state index in [1.807, 2.05) is 10.3 Å². The fraction of sp³-hybridized carbons (Fsp3) is 0.533. The number of alkyl halides is 3. The lowest BCUT2D eigenvalue weighted by Gasteiger charge is -2.38. The number of thiazole rings is 1. The van der Waals surface area contributed by atoms with Gasteiger partial charge in [0.25, 0.3) is 5.91 Å². The average molecular weight is 389 g/mol. The number of aliphatic hydroxyl groups is 1. The molecule has 0 radical (unpaired) electrons. The number of amidine groups is 1. The van der Waals surface area contributed by atoms with Gasteiger partial charge in [0.2, 0.25) is 0 Å². The highest BCUT2D eigenvalue weighted by atomic mass is 32.1. The predicted molar refractivity (Wildman–Crippen MR) is 90.5 cm³/mol. The van der Waals surface area contributed by atoms with Crippen molar-refractivity contribution in [3.63, 3.8) is 0 Å². The van der Waals surface area contributed by atoms with Crippen LogP contribution in [-0.4, -0.2) is 46.7 Å². The van der Waals surface area contributed by atoms with Crippen LogP contribution in [0.4, 0.5) is 18.3 Å². The first-order valence-corrected chi connectivity index (χ1v) is 8.82. The van der Waals surface area contributed by atoms with Gasteiger partial charge in [-0.15, -0.1) is 11.3 Å². The van der Waals surface area contributed by atoms with Gasteiger partial charge in [-0.1, -0.05) is 0 Å². The standard InChI is InChI=1S/C15H18F3N5O2S/c16-15(17,18)14(25)7-9(24)22-12(20)10(14)11(19)8-1-4-23(5-2-8)13-21-3-6-26-13/h3,6,8,25H,1-2,4-5,7,19H2,(H2,20,22,24)/t14-/m0/s1. The molecule has 7 nitrogen and oxygen atoms in total. The third-order valence-corrected chi connectivity index (χ3v) is 5.54. The lowest BCUT2D eigenvalue weighted by atomic mass is 9.80. The molecule has 0 aliphatic carbocycles. The molecular formula is C15H18F3N5O2S. The Hall–Kier alpha value is -2.14. The quantitative estimate of drug-likeness (QED) is 0.699. The van der Waals surface area contributed by atoms with Gasteiger partial charge in [-0.25, -0.2) is 4.98 Å². The molecule has 142 valence electrons. The number of aliphatic imine (C=N–C) groups is 1. The number of piperidine rings is 1. The molecule has 5 N–H and O–H groups in total. The number of allylic oxidation sites excluding steroid dienone is 1. The number of carbonyl (C=O) groups is 1. The molecule has 0 spiro atoms. The molecule has 1 aromatic rings. The molecule has 0 unspecified atom stereocenters. The lowest BCUT2D eigenvalue weighted by molar-refractivity contribution is -0.244. The Bertz CT molecular complexity index is 754. The number of halogens is 3. The van der Waals surface area contributed by atoms with Crippen LogP contribution in [0, 0.1) is 5.92 Å². The van der Waals surface area contributed by atoms with Gasteiger partial charge in [0, 0.05) is 36.3 Å². The zero-order valence-electron chi connectivity index (χ0n) is 13.7. The molecule has 2 aliphatic rings. The van der Waals surface area contributed by atoms with Crippen LogP contribution in [0.5, 0.6) is 0 Å². The zero-order chi connectivity index (χ0) is 19.1. The molecule has 0 bridgehead atoms. The Kier molecular flexibility index (Phi) is 4.69. The van der Waals surface area contributed by atoms with Gasteiger partial charge in [-0.2, -0.15) is 18.2 Å². The topological polar surface area (TPSA) is 118 Å². The Labute approximate surface area is 151 Å². The molecule has 3 rings (SSSR count). The molecule has 3 heterocycles. The second-order valence-electron chi connectivity index (χ2n) is 6.33. The highest BCUT2D eigenvalue weighted by Crippen LogP contribution is 2.43. The lowest BCUT2D eigenvalue weighted by Crippen LogP contribution is -2.55. The number of carbonyl (C=O) groups excluding carboxylic acids is 1. The van der Waals surface area contributed by atoms with Crippen molar-refractivity contribution in [1.29, 1.82) is 0 Å². The number of nitrogens with two attached hydrogens (primary N) is 2. The second kappa shape index (κ2) is 6.54. The van der Waals surface area contributed by atoms with Crippen LogP contribution < -0.4 is 16.4 Å². The van der Waals surface area contributed by atoms with Crippen molar-refractivity contribution in [3.05, 3.63) is 22.8 Å². The summed E-state index contributed by atoms with van der Waals surface area (Å²) >= 11 is 1.48. The molecule has 2 aliphatic heterocycles. The summed E-state index contributed by atoms with van der Waals surface area (Å²) in [7, 11) is 0. The first-order valence-electron chi connectivity index (χ1n) is 7.94. The van der Waals surface area contributed by atoms with Crippen molar-refractivity contribution >= 4 is 28.2 Å². The fourth-order valence-electron chi connectivity index (χ4n) is 3.34. The highest BCUT2D eigenvalue weighted by Gasteiger charge is 2.60. The number of amides is 1. The largest absolute Gasteiger partial charge is 0.422 e. The van der Waals surface area contributed by atoms with E-state index >= 15 is 0 Å². The SMILES string of the molecule is NC1=NC(=O)C[C@@](O)(C(F)(F)F)C1=C(N)C1CCN(c2nccs2)CC1. The number of hydrogen-bond donors (Lipinski definition) is 3. The Balaban J connectivity index is 1.89. The maximum atomic E-state index is 13.5. The maximum Gasteiger partial charge on any atom is 0.422 e. The molecule has 1 amide bonds. The molecule has 1 saturated heterocycles. The number of rotatable bonds is 2. The Morgan fingerprint density at radius 1 is 1.38 bits per heavy atom. The fourth-order valence-corrected chi connectivity index (χ4v) is 4.03. The minimum atomic E-state index is -5.09. The van der Waals surface area contributed by atoms with E-state index in [-0.39, 0.29) is 5.70 Å². The zero-order valence-corrected chi connectivity index (χ0v) is 14.5. The summed E-state index contributed by atoms with van der Waals surface area (Å²) in [4.78, 5) is 21.1. The van der Waals surface area contributed by atoms with Gasteiger partial charge in [0.1, 0.15) is 5.84 Å². The summed E-state index contributed by atoms with van der Waals surface area (Å²) in [6.07, 6.45) is -3.67. The molecular weight excluding hydrogens is 371 g/mol. The van der Waals surface area contributed by atoms with E-state index in [1.165, 1.54) is 11.3 Å². The van der Waals surface area contributed by atoms with Crippen LogP contribution >= 0.6 is 11.3 Å². The monoisotopic (exact) mass is 389 g/mol. The van der Waals surface area contributed by atoms with Crippen LogP contribution in [0.15, 0.2) is 27.8 Å². The van der Waals surface area contributed by atoms with E-state index in [1.54, 1.807) is 6.20 Å². The molecule has 11 heteroatoms. The van der Waals surface area contributed by atoms with Crippen molar-refractivity contribution in [2.24, 2.45) is 22.4 Å². The first kappa shape index (κ1) is 18.6. The van der Waals surface area contributed by atoms with E-state index in [9.17, 15) is 23.1 Å². The van der Waals surface area contributed by atoms with E-state index in [4.69, 9.17) is 11.5 Å². The maximum absolute atomic E-state index is 13.5. The van der Waals surface area contributed by atoms with Crippen LogP contribution in [-0.2, 0) is 4.79 Å². The normalized spacial score (nSPS) is 27.5. The average Bonchev–Trinajstić information content (AvgIpc) is 3.07. The summed E-state index contributed by atoms with van der Waals surface area (Å²) in [5.41, 5.74) is 7.33. The van der Waals surface area contributed by atoms with Gasteiger partial charge < -0.3 is 21.5 Å². The summed E-state index contributed by atoms with van der Waals surface area (Å²) in [6.45, 7) is 1.12. The van der Waals surface area contributed by atoms with Crippen LogP contribution in [0.3, 0.4) is 0 Å². The molecule has 1 atom stereocenters. The summed E-state index contributed by atoms with van der Waals surface area (Å²) in [5, 5.41) is 12.9. The number of nitrogens with zero attached hydrogens (tertiary/aromatic N) is 3. The predicted octanol–water partition coefficient (Wildman–Crippen LogP) is 1.15. The van der Waals surface area contributed by atoms with Crippen molar-refractivity contribution in [3.8, 4) is 0 Å². The second-order valence-corrected chi connectivity index (χ2v) is 7.20. The first-order chi connectivity index (χ1) is 12.1. The summed E-state index contributed by atoms with van der Waals surface area (Å²) < 4.78 is 40.4. The van der Waals surface area contributed by atoms with Crippen LogP contribution in [0.1, 0.15) is 19.3 Å². The van der Waals surface area contributed by atoms with Crippen molar-refractivity contribution in [2.75, 3.05) is 18.0 Å². The molecule has 1 aromatic heterocycles. The highest BCUT2D eigenvalue weighted by molar-refractivity contribution is 7.13. The van der Waals surface area contributed by atoms with Gasteiger partial charge in [0.05, 0.1) is 12.0 Å². The van der Waals surface area contributed by atoms with Crippen molar-refractivity contribution < 1.29 is 23.1 Å². The molecule has 1 fully saturated rings. The molecule has 0 saturated carbocycles. The minimum Gasteiger partial charge on any atom is -0.401 e. The minimum absolute atomic E-state index is 0.155. The number of hydrogen-bond acceptors (Lipinski definition) is 7. The van der Waals surface area contributed by atoms with Gasteiger partial charge in [0.15, 0.2) is 10.7 Å². The van der Waals surface area contributed by atoms with Crippen LogP contribution in [0.25, 0.3) is 0 Å². The van der Waals surface area contributed by atoms with Crippen molar-refractivity contribution in [1.82, 2.24) is 4.98 Å². The molecule has 0 aromatic carbocycles. The summed E-state index contributed by atoms with van der Waals surface area (Å²) in [5.74, 6) is -2.20. The van der Waals surface area contributed by atoms with Crippen LogP contribution in [0.2, 0.25) is 0 Å². The van der Waals surface area contributed by atoms with E-state index in [2.05, 4.69) is 9.98 Å². The van der Waals surface area contributed by atoms with Gasteiger partial charge in [-0.05, 0) is 12.8 Å². The van der Waals surface area contributed by atoms with Gasteiger partial charge in [-0.3, -0.25) is 4.79 Å². The van der Waals surface area contributed by atoms with E-state index in [0.717, 1.165) is 5.13 Å². The molecule has 26 heavy (non-hydrogen) atoms. The smallest absolute Gasteiger partial charge is 0.401 e. The third kappa shape index (κ3) is 3.16. The van der Waals surface area contributed by atoms with E-state index < -0.39 is 41.4 Å². The Morgan fingerprint density at radius 2 is 2.04 bits per heavy atom. The van der Waals surface area contributed by atoms with Gasteiger partial charge >= 0.3 is 6.18 Å². The Morgan fingerprint density at radius 3 is 2.58 bits per heavy atom. The third-order valence-electron chi connectivity index (χ3n) is 4.70. The van der Waals surface area contributed by atoms with Crippen molar-refractivity contribution in [2.45, 2.75) is 31.0 Å². The summed E-state index contributed by atoms with van der Waals surface area (Å²) in [6, 6.07) is 0. The number of anilines is 1.